The number of para-hydroxylation sites is 1. The molecule has 0 bridgehead atoms. The minimum Gasteiger partial charge on any atom is -0.457 e. The van der Waals surface area contributed by atoms with Crippen molar-refractivity contribution in [1.82, 2.24) is 24.2 Å². The van der Waals surface area contributed by atoms with Gasteiger partial charge in [0.2, 0.25) is 0 Å². The van der Waals surface area contributed by atoms with Gasteiger partial charge in [0, 0.05) is 37.6 Å². The van der Waals surface area contributed by atoms with Crippen LogP contribution in [-0.2, 0) is 4.79 Å². The largest absolute Gasteiger partial charge is 0.457 e. The van der Waals surface area contributed by atoms with Crippen molar-refractivity contribution in [3.8, 4) is 28.8 Å². The third-order valence-corrected chi connectivity index (χ3v) is 6.88. The molecule has 0 radical (unpaired) electrons. The van der Waals surface area contributed by atoms with Crippen molar-refractivity contribution in [3.63, 3.8) is 0 Å². The average Bonchev–Trinajstić information content (AvgIpc) is 3.33. The van der Waals surface area contributed by atoms with E-state index < -0.39 is 0 Å². The summed E-state index contributed by atoms with van der Waals surface area (Å²) in [5, 5.41) is 9.71. The molecule has 2 aromatic carbocycles. The van der Waals surface area contributed by atoms with Gasteiger partial charge in [0.05, 0.1) is 6.04 Å². The zero-order valence-corrected chi connectivity index (χ0v) is 23.2. The number of imidazole rings is 1. The average molecular weight is 536 g/mol. The highest BCUT2D eigenvalue weighted by molar-refractivity contribution is 5.97. The van der Waals surface area contributed by atoms with Crippen LogP contribution in [-0.4, -0.2) is 56.8 Å². The van der Waals surface area contributed by atoms with Crippen LogP contribution in [0.25, 0.3) is 16.8 Å². The number of nitriles is 1. The van der Waals surface area contributed by atoms with E-state index in [-0.39, 0.29) is 22.9 Å². The number of hydrogen-bond acceptors (Lipinski definition) is 7. The van der Waals surface area contributed by atoms with Crippen molar-refractivity contribution < 1.29 is 9.53 Å². The molecule has 1 amide bonds. The van der Waals surface area contributed by atoms with Crippen LogP contribution in [0.1, 0.15) is 32.6 Å². The summed E-state index contributed by atoms with van der Waals surface area (Å²) in [7, 11) is 2.02. The SMILES string of the molecule is CN1CCN(C(=O)/C(C#N)=C/C(C)(C)C)C[C@@H]1c1nc(-c2ccc(Oc3ccccc3)cc2)c2c(N)nccn12. The number of allylic oxidation sites excluding steroid dienone is 1. The number of rotatable bonds is 5. The van der Waals surface area contributed by atoms with E-state index >= 15 is 0 Å². The molecule has 1 fully saturated rings. The smallest absolute Gasteiger partial charge is 0.264 e. The zero-order valence-electron chi connectivity index (χ0n) is 23.2. The minimum absolute atomic E-state index is 0.163. The second kappa shape index (κ2) is 10.8. The first kappa shape index (κ1) is 26.9. The summed E-state index contributed by atoms with van der Waals surface area (Å²) in [5.74, 6) is 2.33. The predicted octanol–water partition coefficient (Wildman–Crippen LogP) is 5.08. The molecule has 0 unspecified atom stereocenters. The fourth-order valence-electron chi connectivity index (χ4n) is 4.91. The molecule has 4 aromatic rings. The molecule has 204 valence electrons. The van der Waals surface area contributed by atoms with Gasteiger partial charge in [0.1, 0.15) is 46.0 Å². The van der Waals surface area contributed by atoms with Crippen molar-refractivity contribution in [3.05, 3.63) is 84.5 Å². The summed E-state index contributed by atoms with van der Waals surface area (Å²) in [6.07, 6.45) is 5.24. The van der Waals surface area contributed by atoms with Gasteiger partial charge in [0.25, 0.3) is 5.91 Å². The molecule has 1 aliphatic rings. The Morgan fingerprint density at radius 3 is 2.48 bits per heavy atom. The first-order chi connectivity index (χ1) is 19.1. The molecule has 0 spiro atoms. The molecule has 40 heavy (non-hydrogen) atoms. The number of aromatic nitrogens is 3. The van der Waals surface area contributed by atoms with Gasteiger partial charge < -0.3 is 15.4 Å². The van der Waals surface area contributed by atoms with E-state index in [0.717, 1.165) is 17.1 Å². The number of likely N-dealkylation sites (N-methyl/N-ethyl adjacent to an activating group) is 1. The predicted molar refractivity (Wildman–Crippen MR) is 154 cm³/mol. The van der Waals surface area contributed by atoms with E-state index in [1.54, 1.807) is 17.2 Å². The van der Waals surface area contributed by atoms with Crippen molar-refractivity contribution in [2.75, 3.05) is 32.4 Å². The van der Waals surface area contributed by atoms with E-state index in [0.29, 0.717) is 42.4 Å². The van der Waals surface area contributed by atoms with E-state index in [1.165, 1.54) is 0 Å². The van der Waals surface area contributed by atoms with Gasteiger partial charge in [-0.25, -0.2) is 9.97 Å². The van der Waals surface area contributed by atoms with Crippen LogP contribution in [0.5, 0.6) is 11.5 Å². The van der Waals surface area contributed by atoms with Gasteiger partial charge in [-0.3, -0.25) is 14.1 Å². The zero-order chi connectivity index (χ0) is 28.4. The molecule has 2 aromatic heterocycles. The number of ether oxygens (including phenoxy) is 1. The summed E-state index contributed by atoms with van der Waals surface area (Å²) in [6, 6.07) is 19.2. The third-order valence-electron chi connectivity index (χ3n) is 6.88. The van der Waals surface area contributed by atoms with Gasteiger partial charge in [-0.1, -0.05) is 45.0 Å². The lowest BCUT2D eigenvalue weighted by Crippen LogP contribution is -2.49. The summed E-state index contributed by atoms with van der Waals surface area (Å²) < 4.78 is 7.91. The molecule has 3 heterocycles. The van der Waals surface area contributed by atoms with Crippen molar-refractivity contribution >= 4 is 17.2 Å². The van der Waals surface area contributed by atoms with Crippen LogP contribution in [0.2, 0.25) is 0 Å². The molecule has 5 rings (SSSR count). The summed E-state index contributed by atoms with van der Waals surface area (Å²) >= 11 is 0. The van der Waals surface area contributed by atoms with Gasteiger partial charge in [0.15, 0.2) is 0 Å². The highest BCUT2D eigenvalue weighted by Gasteiger charge is 2.34. The summed E-state index contributed by atoms with van der Waals surface area (Å²) in [6.45, 7) is 7.48. The number of amides is 1. The molecule has 2 N–H and O–H groups in total. The van der Waals surface area contributed by atoms with E-state index in [2.05, 4.69) is 16.0 Å². The molecular formula is C31H33N7O2. The number of nitrogens with two attached hydrogens (primary N) is 1. The Bertz CT molecular complexity index is 1600. The van der Waals surface area contributed by atoms with Gasteiger partial charge in [-0.2, -0.15) is 5.26 Å². The Morgan fingerprint density at radius 1 is 1.10 bits per heavy atom. The maximum atomic E-state index is 13.3. The van der Waals surface area contributed by atoms with Crippen molar-refractivity contribution in [1.29, 1.82) is 5.26 Å². The molecule has 9 heteroatoms. The maximum absolute atomic E-state index is 13.3. The number of carbonyl (C=O) groups is 1. The Hall–Kier alpha value is -4.68. The number of anilines is 1. The highest BCUT2D eigenvalue weighted by atomic mass is 16.5. The number of nitrogens with zero attached hydrogens (tertiary/aromatic N) is 6. The molecular weight excluding hydrogens is 502 g/mol. The normalized spacial score (nSPS) is 16.6. The molecule has 0 aliphatic carbocycles. The highest BCUT2D eigenvalue weighted by Crippen LogP contribution is 2.34. The number of carbonyl (C=O) groups excluding carboxylic acids is 1. The standard InChI is InChI=1S/C31H33N7O2/c1-31(2,3)18-22(19-32)30(39)37-17-16-36(4)25(20-37)29-35-26(27-28(33)34-14-15-38(27)29)21-10-12-24(13-11-21)40-23-8-6-5-7-9-23/h5-15,18,25H,16-17,20H2,1-4H3,(H2,33,34)/b22-18+/t25-/m1/s1. The number of piperazine rings is 1. The van der Waals surface area contributed by atoms with Gasteiger partial charge in [-0.05, 0) is 48.9 Å². The van der Waals surface area contributed by atoms with Gasteiger partial charge in [-0.15, -0.1) is 0 Å². The minimum atomic E-state index is -0.285. The Balaban J connectivity index is 1.49. The Kier molecular flexibility index (Phi) is 7.28. The second-order valence-electron chi connectivity index (χ2n) is 11.1. The number of fused-ring (bicyclic) bond motifs is 1. The lowest BCUT2D eigenvalue weighted by Gasteiger charge is -2.38. The first-order valence-corrected chi connectivity index (χ1v) is 13.2. The Labute approximate surface area is 234 Å². The monoisotopic (exact) mass is 535 g/mol. The molecule has 1 atom stereocenters. The lowest BCUT2D eigenvalue weighted by atomic mass is 9.93. The third kappa shape index (κ3) is 5.53. The molecule has 1 saturated heterocycles. The van der Waals surface area contributed by atoms with Gasteiger partial charge >= 0.3 is 0 Å². The first-order valence-electron chi connectivity index (χ1n) is 13.2. The number of hydrogen-bond donors (Lipinski definition) is 1. The van der Waals surface area contributed by atoms with E-state index in [1.807, 2.05) is 93.0 Å². The van der Waals surface area contributed by atoms with E-state index in [9.17, 15) is 10.1 Å². The van der Waals surface area contributed by atoms with Crippen LogP contribution in [0, 0.1) is 16.7 Å². The van der Waals surface area contributed by atoms with Crippen molar-refractivity contribution in [2.45, 2.75) is 26.8 Å². The fourth-order valence-corrected chi connectivity index (χ4v) is 4.91. The number of nitrogen functional groups attached to an aromatic ring is 1. The van der Waals surface area contributed by atoms with Crippen LogP contribution >= 0.6 is 0 Å². The van der Waals surface area contributed by atoms with Crippen LogP contribution < -0.4 is 10.5 Å². The second-order valence-corrected chi connectivity index (χ2v) is 11.1. The maximum Gasteiger partial charge on any atom is 0.264 e. The summed E-state index contributed by atoms with van der Waals surface area (Å²) in [4.78, 5) is 26.7. The quantitative estimate of drug-likeness (QED) is 0.280. The fraction of sp³-hybridized carbons (Fsp3) is 0.290. The van der Waals surface area contributed by atoms with Crippen LogP contribution in [0.4, 0.5) is 5.82 Å². The van der Waals surface area contributed by atoms with Crippen molar-refractivity contribution in [2.24, 2.45) is 5.41 Å². The number of benzene rings is 2. The molecule has 1 aliphatic heterocycles. The van der Waals surface area contributed by atoms with Crippen LogP contribution in [0.15, 0.2) is 78.6 Å². The Morgan fingerprint density at radius 2 is 1.80 bits per heavy atom. The van der Waals surface area contributed by atoms with Crippen LogP contribution in [0.3, 0.4) is 0 Å². The lowest BCUT2D eigenvalue weighted by molar-refractivity contribution is -0.129. The molecule has 9 nitrogen and oxygen atoms in total. The van der Waals surface area contributed by atoms with E-state index in [4.69, 9.17) is 15.5 Å². The summed E-state index contributed by atoms with van der Waals surface area (Å²) in [5.41, 5.74) is 8.53. The molecule has 0 saturated carbocycles. The topological polar surface area (TPSA) is 113 Å².